The number of rotatable bonds is 6. The number of amides is 1. The molecule has 0 aliphatic carbocycles. The first kappa shape index (κ1) is 18.0. The Morgan fingerprint density at radius 1 is 0.964 bits per heavy atom. The van der Waals surface area contributed by atoms with E-state index in [9.17, 15) is 4.79 Å². The molecule has 1 aliphatic rings. The third-order valence-corrected chi connectivity index (χ3v) is 4.65. The van der Waals surface area contributed by atoms with Gasteiger partial charge in [0.15, 0.2) is 0 Å². The predicted molar refractivity (Wildman–Crippen MR) is 108 cm³/mol. The molecule has 0 bridgehead atoms. The van der Waals surface area contributed by atoms with Gasteiger partial charge in [0.2, 0.25) is 5.95 Å². The van der Waals surface area contributed by atoms with Gasteiger partial charge in [0.05, 0.1) is 5.56 Å². The Kier molecular flexibility index (Phi) is 5.47. The van der Waals surface area contributed by atoms with Crippen LogP contribution in [0.15, 0.2) is 67.0 Å². The molecule has 142 valence electrons. The van der Waals surface area contributed by atoms with Crippen LogP contribution in [0.2, 0.25) is 0 Å². The SMILES string of the molecule is O=C(c1cnc(Nc2ccc(OCc3ccccc3)cc2)nc1)N1CCCC1. The summed E-state index contributed by atoms with van der Waals surface area (Å²) < 4.78 is 5.79. The van der Waals surface area contributed by atoms with E-state index in [4.69, 9.17) is 4.74 Å². The Balaban J connectivity index is 1.33. The Morgan fingerprint density at radius 3 is 2.32 bits per heavy atom. The van der Waals surface area contributed by atoms with Gasteiger partial charge in [0.1, 0.15) is 12.4 Å². The summed E-state index contributed by atoms with van der Waals surface area (Å²) in [5.74, 6) is 1.25. The fourth-order valence-corrected chi connectivity index (χ4v) is 3.11. The smallest absolute Gasteiger partial charge is 0.256 e. The molecule has 0 saturated carbocycles. The molecule has 0 radical (unpaired) electrons. The molecule has 1 saturated heterocycles. The van der Waals surface area contributed by atoms with E-state index in [1.54, 1.807) is 12.4 Å². The minimum atomic E-state index is 0.00367. The maximum Gasteiger partial charge on any atom is 0.256 e. The molecule has 1 aromatic heterocycles. The molecule has 3 aromatic rings. The summed E-state index contributed by atoms with van der Waals surface area (Å²) in [6.45, 7) is 2.16. The molecule has 1 amide bonds. The summed E-state index contributed by atoms with van der Waals surface area (Å²) in [6.07, 6.45) is 5.29. The van der Waals surface area contributed by atoms with Crippen LogP contribution in [-0.2, 0) is 6.61 Å². The molecule has 1 aliphatic heterocycles. The topological polar surface area (TPSA) is 67.3 Å². The van der Waals surface area contributed by atoms with Crippen LogP contribution in [0, 0.1) is 0 Å². The van der Waals surface area contributed by atoms with E-state index in [0.717, 1.165) is 42.9 Å². The average molecular weight is 374 g/mol. The van der Waals surface area contributed by atoms with Crippen molar-refractivity contribution in [1.82, 2.24) is 14.9 Å². The standard InChI is InChI=1S/C22H22N4O2/c27-21(26-12-4-5-13-26)18-14-23-22(24-15-18)25-19-8-10-20(11-9-19)28-16-17-6-2-1-3-7-17/h1-3,6-11,14-15H,4-5,12-13,16H2,(H,23,24,25). The first-order valence-electron chi connectivity index (χ1n) is 9.43. The van der Waals surface area contributed by atoms with Gasteiger partial charge in [-0.05, 0) is 42.7 Å². The van der Waals surface area contributed by atoms with Crippen molar-refractivity contribution in [2.24, 2.45) is 0 Å². The molecule has 0 unspecified atom stereocenters. The maximum atomic E-state index is 12.3. The van der Waals surface area contributed by atoms with Gasteiger partial charge in [0, 0.05) is 31.2 Å². The number of nitrogens with zero attached hydrogens (tertiary/aromatic N) is 3. The van der Waals surface area contributed by atoms with E-state index in [0.29, 0.717) is 18.1 Å². The van der Waals surface area contributed by atoms with Crippen LogP contribution >= 0.6 is 0 Å². The van der Waals surface area contributed by atoms with Crippen molar-refractivity contribution in [1.29, 1.82) is 0 Å². The van der Waals surface area contributed by atoms with Crippen LogP contribution in [-0.4, -0.2) is 33.9 Å². The van der Waals surface area contributed by atoms with Crippen LogP contribution < -0.4 is 10.1 Å². The van der Waals surface area contributed by atoms with E-state index in [1.165, 1.54) is 0 Å². The Morgan fingerprint density at radius 2 is 1.64 bits per heavy atom. The molecule has 1 fully saturated rings. The van der Waals surface area contributed by atoms with Crippen LogP contribution in [0.1, 0.15) is 28.8 Å². The summed E-state index contributed by atoms with van der Waals surface area (Å²) in [6, 6.07) is 17.7. The van der Waals surface area contributed by atoms with Gasteiger partial charge in [-0.3, -0.25) is 4.79 Å². The third kappa shape index (κ3) is 4.46. The highest BCUT2D eigenvalue weighted by Crippen LogP contribution is 2.19. The molecule has 6 nitrogen and oxygen atoms in total. The number of carbonyl (C=O) groups excluding carboxylic acids is 1. The molecule has 2 aromatic carbocycles. The maximum absolute atomic E-state index is 12.3. The zero-order valence-electron chi connectivity index (χ0n) is 15.5. The monoisotopic (exact) mass is 374 g/mol. The second kappa shape index (κ2) is 8.52. The minimum Gasteiger partial charge on any atom is -0.489 e. The van der Waals surface area contributed by atoms with E-state index >= 15 is 0 Å². The summed E-state index contributed by atoms with van der Waals surface area (Å²) in [7, 11) is 0. The summed E-state index contributed by atoms with van der Waals surface area (Å²) >= 11 is 0. The second-order valence-corrected chi connectivity index (χ2v) is 6.72. The van der Waals surface area contributed by atoms with Crippen LogP contribution in [0.5, 0.6) is 5.75 Å². The number of nitrogens with one attached hydrogen (secondary N) is 1. The fourth-order valence-electron chi connectivity index (χ4n) is 3.11. The lowest BCUT2D eigenvalue weighted by Gasteiger charge is -2.14. The highest BCUT2D eigenvalue weighted by atomic mass is 16.5. The van der Waals surface area contributed by atoms with E-state index < -0.39 is 0 Å². The zero-order valence-corrected chi connectivity index (χ0v) is 15.5. The zero-order chi connectivity index (χ0) is 19.2. The largest absolute Gasteiger partial charge is 0.489 e. The van der Waals surface area contributed by atoms with Crippen LogP contribution in [0.3, 0.4) is 0 Å². The van der Waals surface area contributed by atoms with E-state index in [1.807, 2.05) is 59.5 Å². The van der Waals surface area contributed by atoms with Gasteiger partial charge >= 0.3 is 0 Å². The summed E-state index contributed by atoms with van der Waals surface area (Å²) in [5.41, 5.74) is 2.50. The Bertz CT molecular complexity index is 906. The van der Waals surface area contributed by atoms with Crippen molar-refractivity contribution in [3.05, 3.63) is 78.1 Å². The number of anilines is 2. The Labute approximate surface area is 164 Å². The average Bonchev–Trinajstić information content (AvgIpc) is 3.29. The van der Waals surface area contributed by atoms with Gasteiger partial charge in [-0.1, -0.05) is 30.3 Å². The highest BCUT2D eigenvalue weighted by molar-refractivity contribution is 5.93. The third-order valence-electron chi connectivity index (χ3n) is 4.65. The van der Waals surface area contributed by atoms with Crippen molar-refractivity contribution in [2.45, 2.75) is 19.4 Å². The lowest BCUT2D eigenvalue weighted by molar-refractivity contribution is 0.0792. The summed E-state index contributed by atoms with van der Waals surface area (Å²) in [5, 5.41) is 3.14. The number of likely N-dealkylation sites (tertiary alicyclic amines) is 1. The molecule has 6 heteroatoms. The second-order valence-electron chi connectivity index (χ2n) is 6.72. The quantitative estimate of drug-likeness (QED) is 0.705. The van der Waals surface area contributed by atoms with Crippen LogP contribution in [0.4, 0.5) is 11.6 Å². The highest BCUT2D eigenvalue weighted by Gasteiger charge is 2.19. The van der Waals surface area contributed by atoms with Gasteiger partial charge in [-0.25, -0.2) is 9.97 Å². The Hall–Kier alpha value is -3.41. The molecule has 2 heterocycles. The normalized spacial score (nSPS) is 13.4. The first-order valence-corrected chi connectivity index (χ1v) is 9.43. The van der Waals surface area contributed by atoms with Crippen LogP contribution in [0.25, 0.3) is 0 Å². The molecular formula is C22H22N4O2. The van der Waals surface area contributed by atoms with E-state index in [-0.39, 0.29) is 5.91 Å². The minimum absolute atomic E-state index is 0.00367. The number of ether oxygens (including phenoxy) is 1. The van der Waals surface area contributed by atoms with Gasteiger partial charge in [-0.2, -0.15) is 0 Å². The molecule has 0 spiro atoms. The fraction of sp³-hybridized carbons (Fsp3) is 0.227. The number of hydrogen-bond acceptors (Lipinski definition) is 5. The molecule has 28 heavy (non-hydrogen) atoms. The molecule has 1 N–H and O–H groups in total. The summed E-state index contributed by atoms with van der Waals surface area (Å²) in [4.78, 5) is 22.7. The number of benzene rings is 2. The van der Waals surface area contributed by atoms with Crippen molar-refractivity contribution in [3.8, 4) is 5.75 Å². The van der Waals surface area contributed by atoms with E-state index in [2.05, 4.69) is 15.3 Å². The molecular weight excluding hydrogens is 352 g/mol. The van der Waals surface area contributed by atoms with Gasteiger partial charge in [0.25, 0.3) is 5.91 Å². The number of hydrogen-bond donors (Lipinski definition) is 1. The number of carbonyl (C=O) groups is 1. The molecule has 4 rings (SSSR count). The first-order chi connectivity index (χ1) is 13.8. The lowest BCUT2D eigenvalue weighted by Crippen LogP contribution is -2.27. The van der Waals surface area contributed by atoms with Crippen molar-refractivity contribution < 1.29 is 9.53 Å². The van der Waals surface area contributed by atoms with Gasteiger partial charge in [-0.15, -0.1) is 0 Å². The van der Waals surface area contributed by atoms with Crippen molar-refractivity contribution in [2.75, 3.05) is 18.4 Å². The number of aromatic nitrogens is 2. The predicted octanol–water partition coefficient (Wildman–Crippen LogP) is 4.04. The van der Waals surface area contributed by atoms with Crippen molar-refractivity contribution in [3.63, 3.8) is 0 Å². The lowest BCUT2D eigenvalue weighted by atomic mass is 10.2. The molecule has 0 atom stereocenters. The van der Waals surface area contributed by atoms with Crippen molar-refractivity contribution >= 4 is 17.5 Å². The van der Waals surface area contributed by atoms with Gasteiger partial charge < -0.3 is 15.0 Å².